The van der Waals surface area contributed by atoms with Crippen molar-refractivity contribution in [1.29, 1.82) is 0 Å². The van der Waals surface area contributed by atoms with Gasteiger partial charge in [-0.05, 0) is 44.6 Å². The van der Waals surface area contributed by atoms with Crippen molar-refractivity contribution in [3.8, 4) is 0 Å². The number of nitrogens with zero attached hydrogens (tertiary/aromatic N) is 1. The second-order valence-corrected chi connectivity index (χ2v) is 6.03. The Kier molecular flexibility index (Phi) is 3.57. The fourth-order valence-corrected chi connectivity index (χ4v) is 3.64. The van der Waals surface area contributed by atoms with Crippen molar-refractivity contribution < 1.29 is 9.53 Å². The zero-order valence-electron chi connectivity index (χ0n) is 11.2. The van der Waals surface area contributed by atoms with Gasteiger partial charge in [-0.2, -0.15) is 0 Å². The van der Waals surface area contributed by atoms with Gasteiger partial charge in [0.2, 0.25) is 5.91 Å². The van der Waals surface area contributed by atoms with Crippen LogP contribution in [0.1, 0.15) is 32.6 Å². The molecule has 1 aliphatic carbocycles. The maximum absolute atomic E-state index is 12.2. The predicted molar refractivity (Wildman–Crippen MR) is 69.2 cm³/mol. The van der Waals surface area contributed by atoms with E-state index in [4.69, 9.17) is 4.74 Å². The average Bonchev–Trinajstić information content (AvgIpc) is 2.85. The van der Waals surface area contributed by atoms with Crippen molar-refractivity contribution in [3.63, 3.8) is 0 Å². The number of hydrogen-bond donors (Lipinski definition) is 1. The minimum Gasteiger partial charge on any atom is -0.378 e. The lowest BCUT2D eigenvalue weighted by atomic mass is 9.80. The SMILES string of the molecule is CCOC1CC(CC(=O)N2C[C@@H]3CCN[C@@H]3C2)C1. The van der Waals surface area contributed by atoms with E-state index in [1.54, 1.807) is 0 Å². The second kappa shape index (κ2) is 5.17. The highest BCUT2D eigenvalue weighted by molar-refractivity contribution is 5.77. The van der Waals surface area contributed by atoms with Crippen LogP contribution in [-0.4, -0.2) is 49.2 Å². The van der Waals surface area contributed by atoms with Crippen LogP contribution < -0.4 is 5.32 Å². The molecule has 2 saturated heterocycles. The summed E-state index contributed by atoms with van der Waals surface area (Å²) in [4.78, 5) is 14.3. The molecule has 0 unspecified atom stereocenters. The molecular weight excluding hydrogens is 228 g/mol. The number of likely N-dealkylation sites (tertiary alicyclic amines) is 1. The Bertz CT molecular complexity index is 303. The summed E-state index contributed by atoms with van der Waals surface area (Å²) in [5.41, 5.74) is 0. The summed E-state index contributed by atoms with van der Waals surface area (Å²) >= 11 is 0. The third kappa shape index (κ3) is 2.41. The predicted octanol–water partition coefficient (Wildman–Crippen LogP) is 1.01. The van der Waals surface area contributed by atoms with Gasteiger partial charge in [-0.15, -0.1) is 0 Å². The number of ether oxygens (including phenoxy) is 1. The molecule has 2 heterocycles. The Labute approximate surface area is 109 Å². The summed E-state index contributed by atoms with van der Waals surface area (Å²) in [6, 6.07) is 0.575. The molecule has 2 aliphatic heterocycles. The summed E-state index contributed by atoms with van der Waals surface area (Å²) in [5, 5.41) is 3.49. The number of fused-ring (bicyclic) bond motifs is 1. The van der Waals surface area contributed by atoms with E-state index in [0.717, 1.165) is 45.5 Å². The fraction of sp³-hybridized carbons (Fsp3) is 0.929. The van der Waals surface area contributed by atoms with E-state index in [1.165, 1.54) is 6.42 Å². The van der Waals surface area contributed by atoms with Crippen LogP contribution in [0.15, 0.2) is 0 Å². The highest BCUT2D eigenvalue weighted by atomic mass is 16.5. The Morgan fingerprint density at radius 1 is 1.39 bits per heavy atom. The van der Waals surface area contributed by atoms with Crippen LogP contribution in [0, 0.1) is 11.8 Å². The largest absolute Gasteiger partial charge is 0.378 e. The molecule has 1 N–H and O–H groups in total. The molecule has 0 aromatic carbocycles. The molecule has 4 nitrogen and oxygen atoms in total. The highest BCUT2D eigenvalue weighted by Gasteiger charge is 2.39. The van der Waals surface area contributed by atoms with Gasteiger partial charge < -0.3 is 15.0 Å². The molecule has 3 aliphatic rings. The van der Waals surface area contributed by atoms with E-state index >= 15 is 0 Å². The van der Waals surface area contributed by atoms with Crippen molar-refractivity contribution >= 4 is 5.91 Å². The smallest absolute Gasteiger partial charge is 0.222 e. The molecule has 18 heavy (non-hydrogen) atoms. The first kappa shape index (κ1) is 12.4. The molecule has 0 radical (unpaired) electrons. The third-order valence-corrected chi connectivity index (χ3v) is 4.77. The van der Waals surface area contributed by atoms with Crippen LogP contribution in [0.3, 0.4) is 0 Å². The molecule has 1 saturated carbocycles. The molecule has 0 spiro atoms. The number of amides is 1. The number of carbonyl (C=O) groups excluding carboxylic acids is 1. The molecule has 0 aromatic rings. The first-order valence-corrected chi connectivity index (χ1v) is 7.39. The highest BCUT2D eigenvalue weighted by Crippen LogP contribution is 2.34. The lowest BCUT2D eigenvalue weighted by Gasteiger charge is -2.35. The molecule has 3 rings (SSSR count). The molecule has 0 bridgehead atoms. The van der Waals surface area contributed by atoms with Gasteiger partial charge in [0.1, 0.15) is 0 Å². The zero-order chi connectivity index (χ0) is 12.5. The summed E-state index contributed by atoms with van der Waals surface area (Å²) in [6.45, 7) is 5.89. The van der Waals surface area contributed by atoms with Gasteiger partial charge in [-0.1, -0.05) is 0 Å². The second-order valence-electron chi connectivity index (χ2n) is 6.03. The van der Waals surface area contributed by atoms with E-state index in [0.29, 0.717) is 29.9 Å². The minimum absolute atomic E-state index is 0.367. The Balaban J connectivity index is 1.41. The summed E-state index contributed by atoms with van der Waals surface area (Å²) in [5.74, 6) is 1.65. The molecule has 1 amide bonds. The molecular formula is C14H24N2O2. The molecule has 102 valence electrons. The standard InChI is InChI=1S/C14H24N2O2/c1-2-18-12-5-10(6-12)7-14(17)16-8-11-3-4-15-13(11)9-16/h10-13,15H,2-9H2,1H3/t10?,11-,12?,13+/m0/s1. The van der Waals surface area contributed by atoms with E-state index in [9.17, 15) is 4.79 Å². The Morgan fingerprint density at radius 3 is 2.94 bits per heavy atom. The van der Waals surface area contributed by atoms with Crippen LogP contribution in [0.2, 0.25) is 0 Å². The number of rotatable bonds is 4. The van der Waals surface area contributed by atoms with E-state index < -0.39 is 0 Å². The van der Waals surface area contributed by atoms with Gasteiger partial charge in [0.05, 0.1) is 6.10 Å². The van der Waals surface area contributed by atoms with Crippen LogP contribution >= 0.6 is 0 Å². The molecule has 0 aromatic heterocycles. The average molecular weight is 252 g/mol. The van der Waals surface area contributed by atoms with Gasteiger partial charge in [0.15, 0.2) is 0 Å². The van der Waals surface area contributed by atoms with E-state index in [1.807, 2.05) is 6.92 Å². The van der Waals surface area contributed by atoms with Crippen LogP contribution in [0.4, 0.5) is 0 Å². The lowest BCUT2D eigenvalue weighted by molar-refractivity contribution is -0.133. The minimum atomic E-state index is 0.367. The van der Waals surface area contributed by atoms with Gasteiger partial charge in [0, 0.05) is 32.2 Å². The first-order valence-electron chi connectivity index (χ1n) is 7.39. The third-order valence-electron chi connectivity index (χ3n) is 4.77. The van der Waals surface area contributed by atoms with Crippen LogP contribution in [0.5, 0.6) is 0 Å². The monoisotopic (exact) mass is 252 g/mol. The van der Waals surface area contributed by atoms with Crippen LogP contribution in [-0.2, 0) is 9.53 Å². The molecule has 4 heteroatoms. The Hall–Kier alpha value is -0.610. The summed E-state index contributed by atoms with van der Waals surface area (Å²) in [7, 11) is 0. The van der Waals surface area contributed by atoms with Gasteiger partial charge in [-0.3, -0.25) is 4.79 Å². The van der Waals surface area contributed by atoms with Gasteiger partial charge in [0.25, 0.3) is 0 Å². The maximum Gasteiger partial charge on any atom is 0.222 e. The topological polar surface area (TPSA) is 41.6 Å². The molecule has 3 fully saturated rings. The van der Waals surface area contributed by atoms with Crippen molar-refractivity contribution in [1.82, 2.24) is 10.2 Å². The summed E-state index contributed by atoms with van der Waals surface area (Å²) in [6.07, 6.45) is 4.57. The van der Waals surface area contributed by atoms with Crippen LogP contribution in [0.25, 0.3) is 0 Å². The quantitative estimate of drug-likeness (QED) is 0.812. The van der Waals surface area contributed by atoms with Gasteiger partial charge in [-0.25, -0.2) is 0 Å². The normalized spacial score (nSPS) is 38.6. The number of hydrogen-bond acceptors (Lipinski definition) is 3. The number of nitrogens with one attached hydrogen (secondary N) is 1. The van der Waals surface area contributed by atoms with Crippen molar-refractivity contribution in [2.75, 3.05) is 26.2 Å². The molecule has 2 atom stereocenters. The fourth-order valence-electron chi connectivity index (χ4n) is 3.64. The Morgan fingerprint density at radius 2 is 2.22 bits per heavy atom. The summed E-state index contributed by atoms with van der Waals surface area (Å²) < 4.78 is 5.54. The zero-order valence-corrected chi connectivity index (χ0v) is 11.2. The lowest BCUT2D eigenvalue weighted by Crippen LogP contribution is -2.38. The number of carbonyl (C=O) groups is 1. The van der Waals surface area contributed by atoms with Crippen molar-refractivity contribution in [2.24, 2.45) is 11.8 Å². The van der Waals surface area contributed by atoms with E-state index in [2.05, 4.69) is 10.2 Å². The van der Waals surface area contributed by atoms with Crippen molar-refractivity contribution in [2.45, 2.75) is 44.8 Å². The first-order chi connectivity index (χ1) is 8.76. The van der Waals surface area contributed by atoms with Crippen molar-refractivity contribution in [3.05, 3.63) is 0 Å². The van der Waals surface area contributed by atoms with E-state index in [-0.39, 0.29) is 0 Å². The van der Waals surface area contributed by atoms with Gasteiger partial charge >= 0.3 is 0 Å². The maximum atomic E-state index is 12.2.